The minimum atomic E-state index is -0.0729. The summed E-state index contributed by atoms with van der Waals surface area (Å²) in [5.41, 5.74) is 0.847. The van der Waals surface area contributed by atoms with Gasteiger partial charge in [0.25, 0.3) is 0 Å². The summed E-state index contributed by atoms with van der Waals surface area (Å²) < 4.78 is 14.1. The van der Waals surface area contributed by atoms with E-state index in [9.17, 15) is 4.39 Å². The Morgan fingerprint density at radius 1 is 1.42 bits per heavy atom. The van der Waals surface area contributed by atoms with Crippen LogP contribution in [0.15, 0.2) is 22.7 Å². The van der Waals surface area contributed by atoms with E-state index >= 15 is 0 Å². The quantitative estimate of drug-likeness (QED) is 0.727. The van der Waals surface area contributed by atoms with Gasteiger partial charge in [-0.3, -0.25) is 0 Å². The second-order valence-electron chi connectivity index (χ2n) is 3.35. The lowest BCUT2D eigenvalue weighted by molar-refractivity contribution is 0.600. The van der Waals surface area contributed by atoms with Gasteiger partial charge in [0.1, 0.15) is 5.82 Å². The number of benzene rings is 1. The summed E-state index contributed by atoms with van der Waals surface area (Å²) in [7, 11) is 0. The zero-order valence-electron chi connectivity index (χ0n) is 6.69. The van der Waals surface area contributed by atoms with Crippen molar-refractivity contribution in [3.05, 3.63) is 34.1 Å². The molecule has 1 fully saturated rings. The maximum absolute atomic E-state index is 13.2. The van der Waals surface area contributed by atoms with E-state index in [-0.39, 0.29) is 5.82 Å². The topological polar surface area (TPSA) is 0 Å². The van der Waals surface area contributed by atoms with E-state index in [1.54, 1.807) is 6.07 Å². The summed E-state index contributed by atoms with van der Waals surface area (Å²) in [4.78, 5) is 0. The predicted molar refractivity (Wildman–Crippen MR) is 50.5 cm³/mol. The van der Waals surface area contributed by atoms with Crippen molar-refractivity contribution in [2.24, 2.45) is 5.92 Å². The van der Waals surface area contributed by atoms with Gasteiger partial charge < -0.3 is 0 Å². The van der Waals surface area contributed by atoms with Crippen LogP contribution < -0.4 is 0 Å². The van der Waals surface area contributed by atoms with Gasteiger partial charge in [-0.15, -0.1) is 0 Å². The largest absolute Gasteiger partial charge is 0.207 e. The van der Waals surface area contributed by atoms with E-state index in [1.807, 2.05) is 6.07 Å². The lowest BCUT2D eigenvalue weighted by atomic mass is 10.1. The molecule has 0 nitrogen and oxygen atoms in total. The summed E-state index contributed by atoms with van der Waals surface area (Å²) in [5.74, 6) is 0.662. The minimum absolute atomic E-state index is 0.0729. The Balaban J connectivity index is 2.26. The van der Waals surface area contributed by atoms with Crippen molar-refractivity contribution < 1.29 is 4.39 Å². The monoisotopic (exact) mass is 228 g/mol. The molecule has 0 amide bonds. The van der Waals surface area contributed by atoms with Crippen LogP contribution in [-0.2, 0) is 6.42 Å². The van der Waals surface area contributed by atoms with Gasteiger partial charge >= 0.3 is 0 Å². The molecule has 0 saturated heterocycles. The Morgan fingerprint density at radius 2 is 2.17 bits per heavy atom. The normalized spacial score (nSPS) is 16.5. The fourth-order valence-corrected chi connectivity index (χ4v) is 1.84. The zero-order chi connectivity index (χ0) is 8.55. The van der Waals surface area contributed by atoms with Crippen LogP contribution in [0.5, 0.6) is 0 Å². The smallest absolute Gasteiger partial charge is 0.127 e. The van der Waals surface area contributed by atoms with Gasteiger partial charge in [-0.25, -0.2) is 4.39 Å². The van der Waals surface area contributed by atoms with E-state index < -0.39 is 0 Å². The third-order valence-electron chi connectivity index (χ3n) is 2.25. The molecule has 1 aromatic carbocycles. The third-order valence-corrected chi connectivity index (χ3v) is 2.99. The van der Waals surface area contributed by atoms with Crippen LogP contribution in [0.3, 0.4) is 0 Å². The SMILES string of the molecule is Fc1cccc(Br)c1CC1CC1. The molecule has 0 atom stereocenters. The molecule has 0 unspecified atom stereocenters. The van der Waals surface area contributed by atoms with Crippen molar-refractivity contribution in [3.8, 4) is 0 Å². The fourth-order valence-electron chi connectivity index (χ4n) is 1.34. The highest BCUT2D eigenvalue weighted by Crippen LogP contribution is 2.35. The molecule has 64 valence electrons. The van der Waals surface area contributed by atoms with Crippen LogP contribution in [0.25, 0.3) is 0 Å². The molecule has 0 heterocycles. The highest BCUT2D eigenvalue weighted by atomic mass is 79.9. The molecule has 1 aromatic rings. The third kappa shape index (κ3) is 1.69. The second kappa shape index (κ2) is 3.17. The highest BCUT2D eigenvalue weighted by molar-refractivity contribution is 9.10. The molecule has 1 aliphatic carbocycles. The first-order chi connectivity index (χ1) is 5.77. The van der Waals surface area contributed by atoms with Crippen LogP contribution in [0.2, 0.25) is 0 Å². The first kappa shape index (κ1) is 8.24. The van der Waals surface area contributed by atoms with Crippen molar-refractivity contribution in [3.63, 3.8) is 0 Å². The maximum Gasteiger partial charge on any atom is 0.127 e. The molecule has 0 aliphatic heterocycles. The summed E-state index contributed by atoms with van der Waals surface area (Å²) in [6.07, 6.45) is 3.43. The Labute approximate surface area is 79.9 Å². The number of hydrogen-bond acceptors (Lipinski definition) is 0. The van der Waals surface area contributed by atoms with Crippen molar-refractivity contribution >= 4 is 15.9 Å². The van der Waals surface area contributed by atoms with Gasteiger partial charge in [-0.2, -0.15) is 0 Å². The lowest BCUT2D eigenvalue weighted by Gasteiger charge is -2.03. The van der Waals surface area contributed by atoms with Crippen LogP contribution in [0.4, 0.5) is 4.39 Å². The summed E-state index contributed by atoms with van der Waals surface area (Å²) in [6, 6.07) is 5.17. The Morgan fingerprint density at radius 3 is 2.75 bits per heavy atom. The fraction of sp³-hybridized carbons (Fsp3) is 0.400. The van der Waals surface area contributed by atoms with Gasteiger partial charge in [0.2, 0.25) is 0 Å². The molecule has 0 radical (unpaired) electrons. The standard InChI is InChI=1S/C10H10BrF/c11-9-2-1-3-10(12)8(9)6-7-4-5-7/h1-3,7H,4-6H2. The van der Waals surface area contributed by atoms with Crippen LogP contribution in [0.1, 0.15) is 18.4 Å². The van der Waals surface area contributed by atoms with Gasteiger partial charge in [0, 0.05) is 10.0 Å². The van der Waals surface area contributed by atoms with Gasteiger partial charge in [-0.1, -0.05) is 22.0 Å². The molecule has 0 bridgehead atoms. The lowest BCUT2D eigenvalue weighted by Crippen LogP contribution is -1.93. The van der Waals surface area contributed by atoms with E-state index in [0.29, 0.717) is 0 Å². The van der Waals surface area contributed by atoms with Crippen molar-refractivity contribution in [1.82, 2.24) is 0 Å². The van der Waals surface area contributed by atoms with E-state index in [2.05, 4.69) is 15.9 Å². The van der Waals surface area contributed by atoms with Crippen molar-refractivity contribution in [1.29, 1.82) is 0 Å². The highest BCUT2D eigenvalue weighted by Gasteiger charge is 2.23. The summed E-state index contributed by atoms with van der Waals surface area (Å²) >= 11 is 3.36. The van der Waals surface area contributed by atoms with Crippen LogP contribution in [-0.4, -0.2) is 0 Å². The molecule has 0 N–H and O–H groups in total. The Kier molecular flexibility index (Phi) is 2.18. The predicted octanol–water partition coefficient (Wildman–Crippen LogP) is 3.54. The number of rotatable bonds is 2. The molecular formula is C10H10BrF. The van der Waals surface area contributed by atoms with E-state index in [1.165, 1.54) is 18.9 Å². The van der Waals surface area contributed by atoms with Crippen LogP contribution >= 0.6 is 15.9 Å². The van der Waals surface area contributed by atoms with Gasteiger partial charge in [0.05, 0.1) is 0 Å². The van der Waals surface area contributed by atoms with E-state index in [4.69, 9.17) is 0 Å². The number of halogens is 2. The first-order valence-electron chi connectivity index (χ1n) is 4.20. The first-order valence-corrected chi connectivity index (χ1v) is 4.99. The van der Waals surface area contributed by atoms with Gasteiger partial charge in [0.15, 0.2) is 0 Å². The van der Waals surface area contributed by atoms with Crippen molar-refractivity contribution in [2.75, 3.05) is 0 Å². The van der Waals surface area contributed by atoms with Gasteiger partial charge in [-0.05, 0) is 37.3 Å². The maximum atomic E-state index is 13.2. The second-order valence-corrected chi connectivity index (χ2v) is 4.20. The molecular weight excluding hydrogens is 219 g/mol. The average molecular weight is 229 g/mol. The Bertz CT molecular complexity index is 272. The zero-order valence-corrected chi connectivity index (χ0v) is 8.27. The van der Waals surface area contributed by atoms with Crippen molar-refractivity contribution in [2.45, 2.75) is 19.3 Å². The molecule has 2 rings (SSSR count). The Hall–Kier alpha value is -0.370. The molecule has 1 aliphatic rings. The number of hydrogen-bond donors (Lipinski definition) is 0. The molecule has 12 heavy (non-hydrogen) atoms. The van der Waals surface area contributed by atoms with Crippen LogP contribution in [0, 0.1) is 11.7 Å². The average Bonchev–Trinajstić information content (AvgIpc) is 2.80. The molecule has 2 heteroatoms. The molecule has 0 spiro atoms. The minimum Gasteiger partial charge on any atom is -0.207 e. The molecule has 1 saturated carbocycles. The summed E-state index contributed by atoms with van der Waals surface area (Å²) in [6.45, 7) is 0. The van der Waals surface area contributed by atoms with E-state index in [0.717, 1.165) is 22.4 Å². The molecule has 0 aromatic heterocycles. The summed E-state index contributed by atoms with van der Waals surface area (Å²) in [5, 5.41) is 0.